The average molecular weight is 459 g/mol. The Morgan fingerprint density at radius 2 is 1.46 bits per heavy atom. The molecule has 0 saturated heterocycles. The van der Waals surface area contributed by atoms with Crippen LogP contribution in [0.3, 0.4) is 0 Å². The van der Waals surface area contributed by atoms with E-state index in [1.807, 2.05) is 6.92 Å². The molecule has 0 unspecified atom stereocenters. The molecule has 0 saturated carbocycles. The minimum Gasteiger partial charge on any atom is -0.347 e. The number of ether oxygens (including phenoxy) is 1. The number of allylic oxidation sites excluding steroid dienone is 2. The Bertz CT molecular complexity index is 877. The number of aryl methyl sites for hydroxylation is 1. The van der Waals surface area contributed by atoms with Crippen LogP contribution in [-0.4, -0.2) is 26.0 Å². The predicted molar refractivity (Wildman–Crippen MR) is 103 cm³/mol. The Labute approximate surface area is 171 Å². The van der Waals surface area contributed by atoms with Crippen molar-refractivity contribution in [3.05, 3.63) is 50.0 Å². The van der Waals surface area contributed by atoms with E-state index in [9.17, 15) is 13.2 Å². The molecule has 26 heavy (non-hydrogen) atoms. The summed E-state index contributed by atoms with van der Waals surface area (Å²) in [5.41, 5.74) is -1.23. The number of carbonyl (C=O) groups is 1. The van der Waals surface area contributed by atoms with Gasteiger partial charge >= 0.3 is 0 Å². The Morgan fingerprint density at radius 1 is 1.00 bits per heavy atom. The van der Waals surface area contributed by atoms with Crippen molar-refractivity contribution in [2.24, 2.45) is 0 Å². The quantitative estimate of drug-likeness (QED) is 0.665. The van der Waals surface area contributed by atoms with Crippen molar-refractivity contribution in [2.75, 3.05) is 0 Å². The summed E-state index contributed by atoms with van der Waals surface area (Å²) >= 11 is 24.3. The minimum atomic E-state index is -4.15. The van der Waals surface area contributed by atoms with Gasteiger partial charge < -0.3 is 4.74 Å². The maximum Gasteiger partial charge on any atom is 0.243 e. The van der Waals surface area contributed by atoms with Gasteiger partial charge in [0.2, 0.25) is 21.5 Å². The third-order valence-electron chi connectivity index (χ3n) is 3.42. The fraction of sp³-hybridized carbons (Fsp3) is 0.312. The first-order chi connectivity index (χ1) is 11.9. The van der Waals surface area contributed by atoms with Gasteiger partial charge in [-0.25, -0.2) is 8.42 Å². The molecule has 0 bridgehead atoms. The summed E-state index contributed by atoms with van der Waals surface area (Å²) < 4.78 is 33.7. The van der Waals surface area contributed by atoms with E-state index in [-0.39, 0.29) is 4.90 Å². The van der Waals surface area contributed by atoms with Crippen molar-refractivity contribution in [3.63, 3.8) is 0 Å². The summed E-state index contributed by atoms with van der Waals surface area (Å²) in [5, 5.41) is -1.78. The maximum atomic E-state index is 12.9. The molecule has 0 aromatic heterocycles. The largest absolute Gasteiger partial charge is 0.347 e. The van der Waals surface area contributed by atoms with Crippen molar-refractivity contribution < 1.29 is 17.9 Å². The molecule has 0 atom stereocenters. The molecule has 5 nitrogen and oxygen atoms in total. The van der Waals surface area contributed by atoms with Crippen LogP contribution in [0, 0.1) is 6.92 Å². The van der Waals surface area contributed by atoms with Crippen molar-refractivity contribution in [3.8, 4) is 0 Å². The number of Topliss-reactive ketones (excluding diaryl/α,β-unsaturated/α-hetero) is 1. The zero-order chi connectivity index (χ0) is 19.9. The monoisotopic (exact) mass is 457 g/mol. The van der Waals surface area contributed by atoms with E-state index in [4.69, 9.17) is 51.1 Å². The first-order valence-electron chi connectivity index (χ1n) is 7.37. The number of hydrogen-bond acceptors (Lipinski definition) is 4. The van der Waals surface area contributed by atoms with Crippen LogP contribution < -0.4 is 4.72 Å². The third-order valence-corrected chi connectivity index (χ3v) is 6.70. The van der Waals surface area contributed by atoms with Crippen LogP contribution in [0.4, 0.5) is 0 Å². The summed E-state index contributed by atoms with van der Waals surface area (Å²) in [4.78, 5) is 12.0. The zero-order valence-corrected chi connectivity index (χ0v) is 17.8. The van der Waals surface area contributed by atoms with E-state index in [2.05, 4.69) is 4.72 Å². The summed E-state index contributed by atoms with van der Waals surface area (Å²) in [5.74, 6) is -0.819. The van der Waals surface area contributed by atoms with Crippen LogP contribution >= 0.6 is 46.4 Å². The van der Waals surface area contributed by atoms with E-state index in [0.717, 1.165) is 5.56 Å². The summed E-state index contributed by atoms with van der Waals surface area (Å²) in [7, 11) is -4.15. The Kier molecular flexibility index (Phi) is 6.51. The normalized spacial score (nSPS) is 18.1. The Hall–Kier alpha value is -0.600. The Balaban J connectivity index is 2.65. The number of sulfonamides is 1. The molecule has 10 heteroatoms. The van der Waals surface area contributed by atoms with Gasteiger partial charge in [0.15, 0.2) is 0 Å². The highest BCUT2D eigenvalue weighted by Crippen LogP contribution is 2.45. The van der Waals surface area contributed by atoms with Crippen molar-refractivity contribution in [1.29, 1.82) is 0 Å². The van der Waals surface area contributed by atoms with E-state index in [1.165, 1.54) is 12.1 Å². The molecule has 1 N–H and O–H groups in total. The molecule has 1 aliphatic carbocycles. The summed E-state index contributed by atoms with van der Waals surface area (Å²) in [6.07, 6.45) is -0.541. The SMILES string of the molecule is Cc1ccc(S(=O)(=O)NC2(OC(C)C)C(Cl)=C(Cl)C(=O)C(Cl)=C2Cl)cc1. The molecule has 0 fully saturated rings. The fourth-order valence-corrected chi connectivity index (χ4v) is 4.69. The number of benzene rings is 1. The second-order valence-electron chi connectivity index (χ2n) is 5.85. The molecule has 2 rings (SSSR count). The van der Waals surface area contributed by atoms with E-state index in [1.54, 1.807) is 26.0 Å². The average Bonchev–Trinajstić information content (AvgIpc) is 2.56. The first kappa shape index (κ1) is 21.7. The predicted octanol–water partition coefficient (Wildman–Crippen LogP) is 4.36. The van der Waals surface area contributed by atoms with Crippen LogP contribution in [0.5, 0.6) is 0 Å². The minimum absolute atomic E-state index is 0.0482. The van der Waals surface area contributed by atoms with Crippen molar-refractivity contribution >= 4 is 62.2 Å². The summed E-state index contributed by atoms with van der Waals surface area (Å²) in [6, 6.07) is 6.08. The summed E-state index contributed by atoms with van der Waals surface area (Å²) in [6.45, 7) is 5.09. The van der Waals surface area contributed by atoms with Gasteiger partial charge in [0, 0.05) is 0 Å². The highest BCUT2D eigenvalue weighted by Gasteiger charge is 2.50. The first-order valence-corrected chi connectivity index (χ1v) is 10.4. The van der Waals surface area contributed by atoms with Crippen molar-refractivity contribution in [2.45, 2.75) is 37.5 Å². The van der Waals surface area contributed by atoms with Crippen molar-refractivity contribution in [1.82, 2.24) is 4.72 Å². The molecule has 0 heterocycles. The topological polar surface area (TPSA) is 72.5 Å². The molecule has 0 spiro atoms. The number of rotatable bonds is 5. The number of carbonyl (C=O) groups excluding carboxylic acids is 1. The fourth-order valence-electron chi connectivity index (χ4n) is 2.24. The van der Waals surface area contributed by atoms with Crippen LogP contribution in [0.1, 0.15) is 19.4 Å². The number of ketones is 1. The molecule has 1 aromatic carbocycles. The Morgan fingerprint density at radius 3 is 1.88 bits per heavy atom. The van der Waals surface area contributed by atoms with Gasteiger partial charge in [0.05, 0.1) is 21.1 Å². The second kappa shape index (κ2) is 7.80. The van der Waals surface area contributed by atoms with E-state index >= 15 is 0 Å². The van der Waals surface area contributed by atoms with E-state index in [0.29, 0.717) is 0 Å². The van der Waals surface area contributed by atoms with Crippen LogP contribution in [0.2, 0.25) is 0 Å². The lowest BCUT2D eigenvalue weighted by atomic mass is 10.1. The van der Waals surface area contributed by atoms with Crippen LogP contribution in [0.25, 0.3) is 0 Å². The maximum absolute atomic E-state index is 12.9. The van der Waals surface area contributed by atoms with E-state index < -0.39 is 47.8 Å². The highest BCUT2D eigenvalue weighted by atomic mass is 35.5. The molecular formula is C16H15Cl4NO4S. The van der Waals surface area contributed by atoms with Crippen LogP contribution in [0.15, 0.2) is 49.3 Å². The van der Waals surface area contributed by atoms with Gasteiger partial charge in [-0.1, -0.05) is 64.1 Å². The molecular weight excluding hydrogens is 444 g/mol. The molecule has 1 aliphatic rings. The molecule has 0 radical (unpaired) electrons. The lowest BCUT2D eigenvalue weighted by molar-refractivity contribution is -0.112. The van der Waals surface area contributed by atoms with Gasteiger partial charge in [-0.3, -0.25) is 4.79 Å². The number of halogens is 4. The number of nitrogens with one attached hydrogen (secondary N) is 1. The third kappa shape index (κ3) is 3.97. The zero-order valence-electron chi connectivity index (χ0n) is 13.9. The number of hydrogen-bond donors (Lipinski definition) is 1. The van der Waals surface area contributed by atoms with Gasteiger partial charge in [0.1, 0.15) is 10.1 Å². The molecule has 1 aromatic rings. The lowest BCUT2D eigenvalue weighted by Gasteiger charge is -2.38. The molecule has 0 aliphatic heterocycles. The standard InChI is InChI=1S/C16H15Cl4NO4S/c1-8(2)25-16(14(19)11(17)13(22)12(18)15(16)20)21-26(23,24)10-6-4-9(3)5-7-10/h4-8,21H,1-3H3. The van der Waals surface area contributed by atoms with Gasteiger partial charge in [-0.05, 0) is 32.9 Å². The van der Waals surface area contributed by atoms with Crippen LogP contribution in [-0.2, 0) is 19.6 Å². The highest BCUT2D eigenvalue weighted by molar-refractivity contribution is 7.89. The van der Waals surface area contributed by atoms with Gasteiger partial charge in [-0.2, -0.15) is 4.72 Å². The second-order valence-corrected chi connectivity index (χ2v) is 9.05. The smallest absolute Gasteiger partial charge is 0.243 e. The van der Waals surface area contributed by atoms with Gasteiger partial charge in [0.25, 0.3) is 0 Å². The lowest BCUT2D eigenvalue weighted by Crippen LogP contribution is -2.54. The molecule has 142 valence electrons. The molecule has 0 amide bonds. The van der Waals surface area contributed by atoms with Gasteiger partial charge in [-0.15, -0.1) is 0 Å².